The van der Waals surface area contributed by atoms with E-state index in [9.17, 15) is 19.2 Å². The van der Waals surface area contributed by atoms with Crippen molar-refractivity contribution in [2.75, 3.05) is 40.5 Å². The molecule has 16 nitrogen and oxygen atoms in total. The standard InChI is InChI=1S/C52H64N8O8/c1-29-19-43(59(27-29)49(61)45(57-51(63)65-5)39-15-17-67-31(3)21-39)47-53-25-41(55-47)34-9-7-33(8-10-34)35-11-12-37-24-38(14-13-36(37)23-35)42-26-54-48(56-42)44-20-30(2)28-60(44)50(62)46(58-52(64)66-6)40-16-18-68-32(4)22-40/h7-14,23-26,29-32,39-40,43-46H,15-22,27-28H2,1-6H3,(H,53,55)(H,54,56)(H,57,63)(H,58,64)/t29?,30?,31?,32?,39?,40?,43?,44?,45-,46?/m0/s1. The molecule has 68 heavy (non-hydrogen) atoms. The second kappa shape index (κ2) is 20.1. The zero-order valence-corrected chi connectivity index (χ0v) is 39.8. The highest BCUT2D eigenvalue weighted by molar-refractivity contribution is 5.91. The van der Waals surface area contributed by atoms with Crippen molar-refractivity contribution in [1.82, 2.24) is 40.4 Å². The predicted molar refractivity (Wildman–Crippen MR) is 256 cm³/mol. The molecule has 360 valence electrons. The summed E-state index contributed by atoms with van der Waals surface area (Å²) in [4.78, 5) is 73.9. The molecule has 2 aromatic heterocycles. The average molecular weight is 929 g/mol. The van der Waals surface area contributed by atoms with Crippen LogP contribution in [0.25, 0.3) is 44.4 Å². The van der Waals surface area contributed by atoms with Gasteiger partial charge in [0.25, 0.3) is 0 Å². The quantitative estimate of drug-likeness (QED) is 0.100. The largest absolute Gasteiger partial charge is 0.453 e. The molecule has 9 rings (SSSR count). The molecular formula is C52H64N8O8. The van der Waals surface area contributed by atoms with Gasteiger partial charge >= 0.3 is 12.2 Å². The van der Waals surface area contributed by atoms with Crippen LogP contribution in [-0.4, -0.2) is 119 Å². The first-order valence-electron chi connectivity index (χ1n) is 24.1. The summed E-state index contributed by atoms with van der Waals surface area (Å²) in [7, 11) is 2.63. The second-order valence-corrected chi connectivity index (χ2v) is 19.6. The van der Waals surface area contributed by atoms with E-state index in [-0.39, 0.29) is 59.8 Å². The normalized spacial score (nSPS) is 26.0. The van der Waals surface area contributed by atoms with Gasteiger partial charge in [-0.05, 0) is 116 Å². The smallest absolute Gasteiger partial charge is 0.407 e. The number of carbonyl (C=O) groups is 4. The Bertz CT molecular complexity index is 2610. The predicted octanol–water partition coefficient (Wildman–Crippen LogP) is 8.19. The highest BCUT2D eigenvalue weighted by atomic mass is 16.5. The van der Waals surface area contributed by atoms with Crippen molar-refractivity contribution in [2.24, 2.45) is 23.7 Å². The van der Waals surface area contributed by atoms with Crippen LogP contribution >= 0.6 is 0 Å². The van der Waals surface area contributed by atoms with Crippen LogP contribution in [0.4, 0.5) is 9.59 Å². The molecule has 4 N–H and O–H groups in total. The van der Waals surface area contributed by atoms with Crippen molar-refractivity contribution in [2.45, 2.75) is 103 Å². The minimum absolute atomic E-state index is 0.000555. The number of likely N-dealkylation sites (tertiary alicyclic amines) is 2. The Morgan fingerprint density at radius 2 is 1.03 bits per heavy atom. The van der Waals surface area contributed by atoms with E-state index in [1.165, 1.54) is 14.2 Å². The van der Waals surface area contributed by atoms with Crippen molar-refractivity contribution in [3.8, 4) is 33.6 Å². The van der Waals surface area contributed by atoms with Gasteiger partial charge in [-0.3, -0.25) is 9.59 Å². The van der Waals surface area contributed by atoms with Gasteiger partial charge in [0.1, 0.15) is 23.7 Å². The van der Waals surface area contributed by atoms with Gasteiger partial charge in [0.05, 0.1) is 62.3 Å². The number of imidazole rings is 2. The van der Waals surface area contributed by atoms with E-state index in [0.717, 1.165) is 68.9 Å². The number of nitrogens with one attached hydrogen (secondary N) is 4. The lowest BCUT2D eigenvalue weighted by Gasteiger charge is -2.36. The van der Waals surface area contributed by atoms with Crippen molar-refractivity contribution < 1.29 is 38.1 Å². The Hall–Kier alpha value is -6.26. The summed E-state index contributed by atoms with van der Waals surface area (Å²) in [5.74, 6) is 1.61. The van der Waals surface area contributed by atoms with Crippen LogP contribution < -0.4 is 10.6 Å². The van der Waals surface area contributed by atoms with Gasteiger partial charge in [-0.25, -0.2) is 19.6 Å². The van der Waals surface area contributed by atoms with Crippen molar-refractivity contribution in [3.63, 3.8) is 0 Å². The summed E-state index contributed by atoms with van der Waals surface area (Å²) < 4.78 is 21.4. The molecule has 6 heterocycles. The number of amides is 4. The minimum Gasteiger partial charge on any atom is -0.453 e. The molecule has 4 fully saturated rings. The zero-order chi connectivity index (χ0) is 47.6. The highest BCUT2D eigenvalue weighted by Gasteiger charge is 2.44. The maximum absolute atomic E-state index is 14.3. The number of aromatic amines is 2. The Morgan fingerprint density at radius 3 is 1.50 bits per heavy atom. The lowest BCUT2D eigenvalue weighted by atomic mass is 9.88. The Labute approximate surface area is 397 Å². The average Bonchev–Trinajstić information content (AvgIpc) is 4.19. The number of methoxy groups -OCH3 is 2. The number of carbonyl (C=O) groups excluding carboxylic acids is 4. The SMILES string of the molecule is COC(=O)NC(C(=O)N1CC(C)CC1c1ncc(-c2ccc3cc(-c4ccc(-c5cnc(C6CC(C)CN6C(=O)[C@@H](NC(=O)OC)C6CCOC(C)C6)[nH]5)cc4)ccc3c2)[nH]1)C1CCOC(C)C1. The molecule has 16 heteroatoms. The van der Waals surface area contributed by atoms with Gasteiger partial charge in [-0.2, -0.15) is 0 Å². The van der Waals surface area contributed by atoms with E-state index >= 15 is 0 Å². The number of benzene rings is 3. The lowest BCUT2D eigenvalue weighted by Crippen LogP contribution is -2.53. The van der Waals surface area contributed by atoms with Crippen LogP contribution in [0.1, 0.15) is 90.0 Å². The third kappa shape index (κ3) is 9.98. The van der Waals surface area contributed by atoms with E-state index < -0.39 is 24.3 Å². The first-order valence-corrected chi connectivity index (χ1v) is 24.1. The number of fused-ring (bicyclic) bond motifs is 1. The molecule has 0 aliphatic carbocycles. The van der Waals surface area contributed by atoms with Crippen molar-refractivity contribution in [3.05, 3.63) is 84.7 Å². The number of H-pyrrole nitrogens is 2. The van der Waals surface area contributed by atoms with Crippen LogP contribution in [0.3, 0.4) is 0 Å². The number of nitrogens with zero attached hydrogens (tertiary/aromatic N) is 4. The van der Waals surface area contributed by atoms with Crippen molar-refractivity contribution >= 4 is 34.8 Å². The van der Waals surface area contributed by atoms with E-state index in [1.807, 2.05) is 36.0 Å². The first-order chi connectivity index (χ1) is 32.8. The molecular weight excluding hydrogens is 865 g/mol. The molecule has 0 bridgehead atoms. The van der Waals surface area contributed by atoms with Gasteiger partial charge in [-0.1, -0.05) is 62.4 Å². The monoisotopic (exact) mass is 928 g/mol. The molecule has 10 atom stereocenters. The number of hydrogen-bond donors (Lipinski definition) is 4. The molecule has 5 aromatic rings. The number of aromatic nitrogens is 4. The van der Waals surface area contributed by atoms with E-state index in [2.05, 4.69) is 95.1 Å². The van der Waals surface area contributed by atoms with Crippen LogP contribution in [0.5, 0.6) is 0 Å². The van der Waals surface area contributed by atoms with Gasteiger partial charge in [0, 0.05) is 31.9 Å². The Balaban J connectivity index is 0.876. The number of rotatable bonds is 11. The Morgan fingerprint density at radius 1 is 0.603 bits per heavy atom. The molecule has 3 aromatic carbocycles. The first kappa shape index (κ1) is 46.8. The van der Waals surface area contributed by atoms with E-state index in [0.29, 0.717) is 52.0 Å². The van der Waals surface area contributed by atoms with Crippen LogP contribution in [0, 0.1) is 23.7 Å². The van der Waals surface area contributed by atoms with Crippen LogP contribution in [0.15, 0.2) is 73.1 Å². The molecule has 0 radical (unpaired) electrons. The van der Waals surface area contributed by atoms with Gasteiger partial charge in [0.2, 0.25) is 11.8 Å². The van der Waals surface area contributed by atoms with Crippen molar-refractivity contribution in [1.29, 1.82) is 0 Å². The fraction of sp³-hybridized carbons (Fsp3) is 0.500. The summed E-state index contributed by atoms with van der Waals surface area (Å²) in [5, 5.41) is 7.89. The third-order valence-corrected chi connectivity index (χ3v) is 14.5. The third-order valence-electron chi connectivity index (χ3n) is 14.5. The molecule has 4 aliphatic heterocycles. The molecule has 4 saturated heterocycles. The van der Waals surface area contributed by atoms with Crippen LogP contribution in [0.2, 0.25) is 0 Å². The van der Waals surface area contributed by atoms with Crippen LogP contribution in [-0.2, 0) is 28.5 Å². The topological polar surface area (TPSA) is 193 Å². The van der Waals surface area contributed by atoms with Gasteiger partial charge in [-0.15, -0.1) is 0 Å². The lowest BCUT2D eigenvalue weighted by molar-refractivity contribution is -0.138. The Kier molecular flexibility index (Phi) is 13.9. The number of ether oxygens (including phenoxy) is 4. The number of alkyl carbamates (subject to hydrolysis) is 2. The fourth-order valence-electron chi connectivity index (χ4n) is 11.0. The molecule has 9 unspecified atom stereocenters. The minimum atomic E-state index is -0.716. The summed E-state index contributed by atoms with van der Waals surface area (Å²) in [6.45, 7) is 10.5. The molecule has 0 spiro atoms. The summed E-state index contributed by atoms with van der Waals surface area (Å²) in [5.41, 5.74) is 5.86. The summed E-state index contributed by atoms with van der Waals surface area (Å²) in [6, 6.07) is 19.3. The summed E-state index contributed by atoms with van der Waals surface area (Å²) in [6.07, 6.45) is 6.66. The summed E-state index contributed by atoms with van der Waals surface area (Å²) >= 11 is 0. The van der Waals surface area contributed by atoms with Gasteiger partial charge < -0.3 is 49.3 Å². The fourth-order valence-corrected chi connectivity index (χ4v) is 11.0. The van der Waals surface area contributed by atoms with E-state index in [1.54, 1.807) is 0 Å². The molecule has 0 saturated carbocycles. The van der Waals surface area contributed by atoms with Gasteiger partial charge in [0.15, 0.2) is 0 Å². The number of hydrogen-bond acceptors (Lipinski definition) is 10. The zero-order valence-electron chi connectivity index (χ0n) is 39.8. The molecule has 4 aliphatic rings. The highest BCUT2D eigenvalue weighted by Crippen LogP contribution is 2.39. The van der Waals surface area contributed by atoms with E-state index in [4.69, 9.17) is 28.9 Å². The molecule has 4 amide bonds. The second-order valence-electron chi connectivity index (χ2n) is 19.6. The maximum atomic E-state index is 14.3. The maximum Gasteiger partial charge on any atom is 0.407 e.